The minimum Gasteiger partial charge on any atom is -0.303 e. The minimum atomic E-state index is -4.22. The molecular formula is C14H16Cl2N6O4S2. The molecular weight excluding hydrogens is 451 g/mol. The normalized spacial score (nSPS) is 15.1. The zero-order chi connectivity index (χ0) is 20.7. The molecule has 1 aromatic carbocycles. The molecule has 152 valence electrons. The first-order chi connectivity index (χ1) is 13.1. The number of halogens is 2. The summed E-state index contributed by atoms with van der Waals surface area (Å²) in [6.07, 6.45) is 2.04. The smallest absolute Gasteiger partial charge is 0.303 e. The van der Waals surface area contributed by atoms with Gasteiger partial charge in [0.25, 0.3) is 15.2 Å². The summed E-state index contributed by atoms with van der Waals surface area (Å²) >= 11 is 12.0. The van der Waals surface area contributed by atoms with E-state index in [1.165, 1.54) is 19.2 Å². The van der Waals surface area contributed by atoms with E-state index < -0.39 is 25.4 Å². The fourth-order valence-corrected chi connectivity index (χ4v) is 5.02. The van der Waals surface area contributed by atoms with Crippen molar-refractivity contribution in [3.05, 3.63) is 40.1 Å². The molecule has 1 saturated carbocycles. The molecule has 2 aromatic rings. The van der Waals surface area contributed by atoms with Crippen LogP contribution in [0, 0.1) is 5.41 Å². The monoisotopic (exact) mass is 466 g/mol. The van der Waals surface area contributed by atoms with E-state index in [1.807, 2.05) is 4.72 Å². The van der Waals surface area contributed by atoms with Gasteiger partial charge in [-0.1, -0.05) is 29.3 Å². The number of aromatic nitrogens is 3. The van der Waals surface area contributed by atoms with Crippen LogP contribution in [0.3, 0.4) is 0 Å². The van der Waals surface area contributed by atoms with Crippen LogP contribution in [0.4, 0.5) is 0 Å². The van der Waals surface area contributed by atoms with Crippen LogP contribution >= 0.6 is 23.2 Å². The zero-order valence-corrected chi connectivity index (χ0v) is 17.6. The summed E-state index contributed by atoms with van der Waals surface area (Å²) in [6.45, 7) is -0.262. The summed E-state index contributed by atoms with van der Waals surface area (Å²) in [6, 6.07) is 4.25. The largest absolute Gasteiger partial charge is 0.321 e. The van der Waals surface area contributed by atoms with Crippen LogP contribution in [-0.2, 0) is 20.2 Å². The van der Waals surface area contributed by atoms with Crippen molar-refractivity contribution in [2.45, 2.75) is 24.0 Å². The highest BCUT2D eigenvalue weighted by Crippen LogP contribution is 2.32. The van der Waals surface area contributed by atoms with Crippen molar-refractivity contribution in [3.63, 3.8) is 0 Å². The molecule has 1 aliphatic rings. The summed E-state index contributed by atoms with van der Waals surface area (Å²) in [5, 5.41) is 11.8. The third-order valence-electron chi connectivity index (χ3n) is 4.02. The number of benzene rings is 1. The molecule has 28 heavy (non-hydrogen) atoms. The molecule has 0 aliphatic heterocycles. The molecule has 14 heteroatoms. The summed E-state index contributed by atoms with van der Waals surface area (Å²) in [7, 11) is -7.06. The van der Waals surface area contributed by atoms with Crippen molar-refractivity contribution in [2.75, 3.05) is 13.6 Å². The molecule has 1 heterocycles. The lowest BCUT2D eigenvalue weighted by Gasteiger charge is -2.20. The van der Waals surface area contributed by atoms with Crippen LogP contribution in [0.1, 0.15) is 18.4 Å². The molecule has 0 amide bonds. The van der Waals surface area contributed by atoms with Gasteiger partial charge in [0.1, 0.15) is 6.33 Å². The third-order valence-corrected chi connectivity index (χ3v) is 7.44. The van der Waals surface area contributed by atoms with Gasteiger partial charge in [-0.25, -0.2) is 13.4 Å². The van der Waals surface area contributed by atoms with E-state index in [0.29, 0.717) is 27.5 Å². The Hall–Kier alpha value is -1.57. The first-order valence-electron chi connectivity index (χ1n) is 7.96. The van der Waals surface area contributed by atoms with Gasteiger partial charge >= 0.3 is 10.2 Å². The lowest BCUT2D eigenvalue weighted by atomic mass is 10.1. The lowest BCUT2D eigenvalue weighted by Crippen LogP contribution is -2.38. The quantitative estimate of drug-likeness (QED) is 0.558. The van der Waals surface area contributed by atoms with Crippen molar-refractivity contribution in [1.29, 1.82) is 5.41 Å². The van der Waals surface area contributed by atoms with Crippen LogP contribution in [0.5, 0.6) is 0 Å². The molecule has 0 spiro atoms. The Bertz CT molecular complexity index is 1130. The Morgan fingerprint density at radius 1 is 1.32 bits per heavy atom. The van der Waals surface area contributed by atoms with Gasteiger partial charge in [-0.3, -0.25) is 0 Å². The summed E-state index contributed by atoms with van der Waals surface area (Å²) in [5.41, 5.74) is 0.322. The van der Waals surface area contributed by atoms with Gasteiger partial charge in [-0.05, 0) is 25.0 Å². The number of nitrogens with one attached hydrogen (secondary N) is 2. The van der Waals surface area contributed by atoms with Gasteiger partial charge in [0.15, 0.2) is 0 Å². The average Bonchev–Trinajstić information content (AvgIpc) is 3.32. The molecule has 0 radical (unpaired) electrons. The van der Waals surface area contributed by atoms with Crippen molar-refractivity contribution < 1.29 is 16.8 Å². The lowest BCUT2D eigenvalue weighted by molar-refractivity contribution is 0.438. The van der Waals surface area contributed by atoms with Crippen molar-refractivity contribution in [3.8, 4) is 0 Å². The highest BCUT2D eigenvalue weighted by molar-refractivity contribution is 7.89. The molecule has 0 saturated heterocycles. The fourth-order valence-electron chi connectivity index (χ4n) is 2.42. The number of sulfonamides is 1. The second-order valence-electron chi connectivity index (χ2n) is 5.99. The van der Waals surface area contributed by atoms with E-state index in [4.69, 9.17) is 28.6 Å². The van der Waals surface area contributed by atoms with E-state index in [1.54, 1.807) is 6.07 Å². The second kappa shape index (κ2) is 7.69. The van der Waals surface area contributed by atoms with Gasteiger partial charge in [0.2, 0.25) is 0 Å². The van der Waals surface area contributed by atoms with Gasteiger partial charge < -0.3 is 5.41 Å². The number of nitrogens with zero attached hydrogens (tertiary/aromatic N) is 4. The van der Waals surface area contributed by atoms with Crippen LogP contribution in [0.15, 0.2) is 29.7 Å². The maximum absolute atomic E-state index is 13.0. The maximum atomic E-state index is 13.0. The van der Waals surface area contributed by atoms with Crippen LogP contribution in [0.25, 0.3) is 0 Å². The number of hydrogen-bond donors (Lipinski definition) is 2. The summed E-state index contributed by atoms with van der Waals surface area (Å²) in [4.78, 5) is 3.63. The topological polar surface area (TPSA) is 138 Å². The molecule has 0 atom stereocenters. The van der Waals surface area contributed by atoms with Crippen molar-refractivity contribution in [2.24, 2.45) is 0 Å². The van der Waals surface area contributed by atoms with Gasteiger partial charge in [0, 0.05) is 23.7 Å². The Morgan fingerprint density at radius 2 is 2.00 bits per heavy atom. The van der Waals surface area contributed by atoms with Gasteiger partial charge in [-0.15, -0.1) is 9.19 Å². The molecule has 0 unspecified atom stereocenters. The summed E-state index contributed by atoms with van der Waals surface area (Å²) < 4.78 is 53.0. The Kier molecular flexibility index (Phi) is 5.81. The second-order valence-corrected chi connectivity index (χ2v) is 10.4. The van der Waals surface area contributed by atoms with Crippen LogP contribution < -0.4 is 4.72 Å². The molecule has 10 nitrogen and oxygen atoms in total. The molecule has 1 fully saturated rings. The molecule has 1 aliphatic carbocycles. The summed E-state index contributed by atoms with van der Waals surface area (Å²) in [5.74, 6) is 0. The molecule has 3 rings (SSSR count). The van der Waals surface area contributed by atoms with E-state index in [2.05, 4.69) is 10.1 Å². The fraction of sp³-hybridized carbons (Fsp3) is 0.357. The van der Waals surface area contributed by atoms with Gasteiger partial charge in [0.05, 0.1) is 17.3 Å². The minimum absolute atomic E-state index is 0.0283. The standard InChI is InChI=1S/C14H16Cl2N6O4S2/c1-18-28(25,26)22-8-19-14(20-22)27(23,24)21(10-3-4-10)7-13(17)11-5-2-9(15)6-12(11)16/h2,5-6,8,10,17-18H,3-4,7H2,1H3. The highest BCUT2D eigenvalue weighted by Gasteiger charge is 2.41. The SMILES string of the molecule is CNS(=O)(=O)n1cnc(S(=O)(=O)N(CC(=N)c2ccc(Cl)cc2Cl)C2CC2)n1. The van der Waals surface area contributed by atoms with E-state index in [-0.39, 0.29) is 23.3 Å². The predicted molar refractivity (Wildman–Crippen MR) is 104 cm³/mol. The van der Waals surface area contributed by atoms with Crippen molar-refractivity contribution in [1.82, 2.24) is 23.2 Å². The highest BCUT2D eigenvalue weighted by atomic mass is 35.5. The molecule has 2 N–H and O–H groups in total. The average molecular weight is 467 g/mol. The first-order valence-corrected chi connectivity index (χ1v) is 11.6. The molecule has 0 bridgehead atoms. The van der Waals surface area contributed by atoms with Crippen molar-refractivity contribution >= 4 is 49.1 Å². The predicted octanol–water partition coefficient (Wildman–Crippen LogP) is 1.12. The third kappa shape index (κ3) is 4.21. The number of rotatable bonds is 8. The van der Waals surface area contributed by atoms with Crippen LogP contribution in [0.2, 0.25) is 10.0 Å². The van der Waals surface area contributed by atoms with E-state index in [9.17, 15) is 16.8 Å². The Balaban J connectivity index is 1.91. The van der Waals surface area contributed by atoms with E-state index in [0.717, 1.165) is 10.6 Å². The Morgan fingerprint density at radius 3 is 2.57 bits per heavy atom. The molecule has 1 aromatic heterocycles. The van der Waals surface area contributed by atoms with Crippen LogP contribution in [-0.4, -0.2) is 60.7 Å². The maximum Gasteiger partial charge on any atom is 0.321 e. The van der Waals surface area contributed by atoms with E-state index >= 15 is 0 Å². The Labute approximate surface area is 172 Å². The number of hydrogen-bond acceptors (Lipinski definition) is 7. The zero-order valence-electron chi connectivity index (χ0n) is 14.5. The van der Waals surface area contributed by atoms with Gasteiger partial charge in [-0.2, -0.15) is 17.4 Å². The first kappa shape index (κ1) is 21.1.